The van der Waals surface area contributed by atoms with Crippen LogP contribution < -0.4 is 10.6 Å². The summed E-state index contributed by atoms with van der Waals surface area (Å²) >= 11 is 0. The second-order valence-corrected chi connectivity index (χ2v) is 7.14. The van der Waals surface area contributed by atoms with E-state index in [0.29, 0.717) is 6.54 Å². The lowest BCUT2D eigenvalue weighted by molar-refractivity contribution is -0.129. The maximum atomic E-state index is 12.5. The molecule has 7 heteroatoms. The number of piperidine rings is 1. The van der Waals surface area contributed by atoms with E-state index in [1.165, 1.54) is 5.56 Å². The first-order valence-electron chi connectivity index (χ1n) is 9.07. The number of nitrogens with one attached hydrogen (secondary N) is 2. The van der Waals surface area contributed by atoms with Crippen LogP contribution >= 0.6 is 24.8 Å². The van der Waals surface area contributed by atoms with E-state index < -0.39 is 5.54 Å². The van der Waals surface area contributed by atoms with Crippen molar-refractivity contribution in [2.45, 2.75) is 44.4 Å². The quantitative estimate of drug-likeness (QED) is 0.792. The summed E-state index contributed by atoms with van der Waals surface area (Å²) in [4.78, 5) is 14.9. The summed E-state index contributed by atoms with van der Waals surface area (Å²) in [6, 6.07) is 10.5. The van der Waals surface area contributed by atoms with Gasteiger partial charge in [0.25, 0.3) is 0 Å². The summed E-state index contributed by atoms with van der Waals surface area (Å²) in [7, 11) is 0. The summed E-state index contributed by atoms with van der Waals surface area (Å²) in [6.07, 6.45) is 3.24. The average Bonchev–Trinajstić information content (AvgIpc) is 2.61. The Morgan fingerprint density at radius 2 is 2.08 bits per heavy atom. The van der Waals surface area contributed by atoms with Gasteiger partial charge in [0.05, 0.1) is 18.2 Å². The summed E-state index contributed by atoms with van der Waals surface area (Å²) in [5.74, 6) is 0.103. The van der Waals surface area contributed by atoms with E-state index in [1.807, 2.05) is 13.0 Å². The third kappa shape index (κ3) is 6.39. The largest absolute Gasteiger partial charge is 0.374 e. The van der Waals surface area contributed by atoms with Crippen LogP contribution in [0.15, 0.2) is 30.3 Å². The van der Waals surface area contributed by atoms with Crippen LogP contribution in [0.1, 0.15) is 31.7 Å². The maximum absolute atomic E-state index is 12.5. The van der Waals surface area contributed by atoms with Gasteiger partial charge < -0.3 is 15.4 Å². The van der Waals surface area contributed by atoms with Gasteiger partial charge in [0.2, 0.25) is 5.91 Å². The maximum Gasteiger partial charge on any atom is 0.240 e. The Bertz CT molecular complexity index is 539. The summed E-state index contributed by atoms with van der Waals surface area (Å²) < 4.78 is 5.84. The third-order valence-electron chi connectivity index (χ3n) is 5.08. The van der Waals surface area contributed by atoms with E-state index in [1.54, 1.807) is 0 Å². The van der Waals surface area contributed by atoms with Crippen LogP contribution in [0, 0.1) is 0 Å². The molecule has 2 saturated heterocycles. The average molecular weight is 404 g/mol. The van der Waals surface area contributed by atoms with Crippen molar-refractivity contribution in [3.05, 3.63) is 35.9 Å². The molecule has 26 heavy (non-hydrogen) atoms. The SMILES string of the molecule is CC1(C(=O)NCC2CN(Cc3ccccc3)CCO2)CCCCN1.Cl.Cl. The molecule has 0 radical (unpaired) electrons. The van der Waals surface area contributed by atoms with Crippen molar-refractivity contribution in [3.8, 4) is 0 Å². The van der Waals surface area contributed by atoms with Gasteiger partial charge in [-0.3, -0.25) is 9.69 Å². The van der Waals surface area contributed by atoms with Crippen molar-refractivity contribution >= 4 is 30.7 Å². The molecule has 2 heterocycles. The van der Waals surface area contributed by atoms with Gasteiger partial charge in [0, 0.05) is 26.2 Å². The summed E-state index contributed by atoms with van der Waals surface area (Å²) in [5, 5.41) is 6.46. The lowest BCUT2D eigenvalue weighted by Crippen LogP contribution is -2.58. The fraction of sp³-hybridized carbons (Fsp3) is 0.632. The highest BCUT2D eigenvalue weighted by atomic mass is 35.5. The van der Waals surface area contributed by atoms with Crippen LogP contribution in [0.2, 0.25) is 0 Å². The first-order valence-corrected chi connectivity index (χ1v) is 9.07. The predicted octanol–water partition coefficient (Wildman–Crippen LogP) is 2.38. The molecule has 1 aromatic rings. The standard InChI is InChI=1S/C19H29N3O2.2ClH/c1-19(9-5-6-10-21-19)18(23)20-13-17-15-22(11-12-24-17)14-16-7-3-2-4-8-16;;/h2-4,7-8,17,21H,5-6,9-15H2,1H3,(H,20,23);2*1H. The molecule has 2 aliphatic rings. The number of nitrogens with zero attached hydrogens (tertiary/aromatic N) is 1. The normalized spacial score (nSPS) is 26.3. The minimum Gasteiger partial charge on any atom is -0.374 e. The monoisotopic (exact) mass is 403 g/mol. The van der Waals surface area contributed by atoms with Crippen molar-refractivity contribution < 1.29 is 9.53 Å². The number of carbonyl (C=O) groups is 1. The number of rotatable bonds is 5. The van der Waals surface area contributed by atoms with E-state index in [-0.39, 0.29) is 36.8 Å². The molecule has 2 unspecified atom stereocenters. The molecule has 148 valence electrons. The topological polar surface area (TPSA) is 53.6 Å². The van der Waals surface area contributed by atoms with Crippen LogP contribution in [0.25, 0.3) is 0 Å². The molecular formula is C19H31Cl2N3O2. The minimum atomic E-state index is -0.420. The summed E-state index contributed by atoms with van der Waals surface area (Å²) in [6.45, 7) is 6.98. The molecule has 0 aromatic heterocycles. The zero-order valence-corrected chi connectivity index (χ0v) is 17.0. The number of carbonyl (C=O) groups excluding carboxylic acids is 1. The van der Waals surface area contributed by atoms with Crippen molar-refractivity contribution in [3.63, 3.8) is 0 Å². The Labute approximate surface area is 169 Å². The van der Waals surface area contributed by atoms with Gasteiger partial charge in [0.15, 0.2) is 0 Å². The van der Waals surface area contributed by atoms with Gasteiger partial charge in [-0.1, -0.05) is 30.3 Å². The first kappa shape index (κ1) is 23.2. The molecule has 2 fully saturated rings. The summed E-state index contributed by atoms with van der Waals surface area (Å²) in [5.41, 5.74) is 0.900. The van der Waals surface area contributed by atoms with Crippen molar-refractivity contribution in [2.75, 3.05) is 32.8 Å². The van der Waals surface area contributed by atoms with Gasteiger partial charge >= 0.3 is 0 Å². The molecule has 3 rings (SSSR count). The van der Waals surface area contributed by atoms with E-state index in [4.69, 9.17) is 4.74 Å². The Morgan fingerprint density at radius 1 is 1.31 bits per heavy atom. The fourth-order valence-corrected chi connectivity index (χ4v) is 3.54. The molecular weight excluding hydrogens is 373 g/mol. The number of halogens is 2. The molecule has 2 aliphatic heterocycles. The van der Waals surface area contributed by atoms with Crippen LogP contribution in [0.3, 0.4) is 0 Å². The smallest absolute Gasteiger partial charge is 0.240 e. The lowest BCUT2D eigenvalue weighted by Gasteiger charge is -2.36. The van der Waals surface area contributed by atoms with Gasteiger partial charge in [0.1, 0.15) is 0 Å². The minimum absolute atomic E-state index is 0. The Morgan fingerprint density at radius 3 is 2.77 bits per heavy atom. The molecule has 0 bridgehead atoms. The first-order chi connectivity index (χ1) is 11.7. The number of hydrogen-bond acceptors (Lipinski definition) is 4. The van der Waals surface area contributed by atoms with Crippen molar-refractivity contribution in [1.82, 2.24) is 15.5 Å². The number of benzene rings is 1. The number of hydrogen-bond donors (Lipinski definition) is 2. The predicted molar refractivity (Wildman–Crippen MR) is 109 cm³/mol. The number of ether oxygens (including phenoxy) is 1. The van der Waals surface area contributed by atoms with Crippen molar-refractivity contribution in [2.24, 2.45) is 0 Å². The lowest BCUT2D eigenvalue weighted by atomic mass is 9.90. The van der Waals surface area contributed by atoms with Gasteiger partial charge in [-0.25, -0.2) is 0 Å². The van der Waals surface area contributed by atoms with Crippen molar-refractivity contribution in [1.29, 1.82) is 0 Å². The van der Waals surface area contributed by atoms with E-state index in [0.717, 1.165) is 52.0 Å². The van der Waals surface area contributed by atoms with Gasteiger partial charge in [-0.2, -0.15) is 0 Å². The van der Waals surface area contributed by atoms with E-state index in [9.17, 15) is 4.79 Å². The molecule has 2 atom stereocenters. The zero-order chi connectivity index (χ0) is 16.8. The van der Waals surface area contributed by atoms with Crippen LogP contribution in [-0.4, -0.2) is 55.2 Å². The molecule has 2 N–H and O–H groups in total. The van der Waals surface area contributed by atoms with Gasteiger partial charge in [-0.15, -0.1) is 24.8 Å². The number of amides is 1. The molecule has 0 spiro atoms. The highest BCUT2D eigenvalue weighted by molar-refractivity contribution is 5.86. The molecule has 1 amide bonds. The Balaban J connectivity index is 0.00000169. The Hall–Kier alpha value is -0.850. The highest BCUT2D eigenvalue weighted by Crippen LogP contribution is 2.19. The van der Waals surface area contributed by atoms with Crippen LogP contribution in [-0.2, 0) is 16.1 Å². The van der Waals surface area contributed by atoms with Gasteiger partial charge in [-0.05, 0) is 38.3 Å². The number of morpholine rings is 1. The highest BCUT2D eigenvalue weighted by Gasteiger charge is 2.34. The molecule has 0 aliphatic carbocycles. The third-order valence-corrected chi connectivity index (χ3v) is 5.08. The van der Waals surface area contributed by atoms with Crippen LogP contribution in [0.4, 0.5) is 0 Å². The fourth-order valence-electron chi connectivity index (χ4n) is 3.54. The molecule has 1 aromatic carbocycles. The molecule has 0 saturated carbocycles. The second kappa shape index (κ2) is 11.1. The van der Waals surface area contributed by atoms with E-state index in [2.05, 4.69) is 39.8 Å². The zero-order valence-electron chi connectivity index (χ0n) is 15.4. The van der Waals surface area contributed by atoms with Crippen LogP contribution in [0.5, 0.6) is 0 Å². The second-order valence-electron chi connectivity index (χ2n) is 7.14. The molecule has 5 nitrogen and oxygen atoms in total. The Kier molecular flexibility index (Phi) is 9.90. The van der Waals surface area contributed by atoms with E-state index >= 15 is 0 Å².